The van der Waals surface area contributed by atoms with Crippen LogP contribution in [0.25, 0.3) is 0 Å². The molecule has 1 aliphatic heterocycles. The second-order valence-corrected chi connectivity index (χ2v) is 8.77. The number of nitrogens with zero attached hydrogens (tertiary/aromatic N) is 1. The summed E-state index contributed by atoms with van der Waals surface area (Å²) in [5.74, 6) is -0.252. The van der Waals surface area contributed by atoms with E-state index < -0.39 is 0 Å². The van der Waals surface area contributed by atoms with Crippen LogP contribution in [-0.2, 0) is 4.74 Å². The highest BCUT2D eigenvalue weighted by molar-refractivity contribution is 5.89. The van der Waals surface area contributed by atoms with E-state index in [9.17, 15) is 4.79 Å². The van der Waals surface area contributed by atoms with Crippen molar-refractivity contribution in [3.63, 3.8) is 0 Å². The molecule has 4 rings (SSSR count). The number of hydrogen-bond acceptors (Lipinski definition) is 3. The maximum absolute atomic E-state index is 11.1. The molecule has 0 atom stereocenters. The van der Waals surface area contributed by atoms with Gasteiger partial charge in [-0.3, -0.25) is 0 Å². The third-order valence-corrected chi connectivity index (χ3v) is 6.93. The Kier molecular flexibility index (Phi) is 7.34. The molecule has 1 heterocycles. The Balaban J connectivity index is 0.000000161. The van der Waals surface area contributed by atoms with E-state index in [1.165, 1.54) is 64.5 Å². The van der Waals surface area contributed by atoms with Crippen molar-refractivity contribution in [2.45, 2.75) is 84.1 Å². The van der Waals surface area contributed by atoms with Gasteiger partial charge in [0.25, 0.3) is 0 Å². The molecule has 1 aromatic rings. The second-order valence-electron chi connectivity index (χ2n) is 8.77. The van der Waals surface area contributed by atoms with Crippen LogP contribution in [0.3, 0.4) is 0 Å². The molecule has 0 unspecified atom stereocenters. The summed E-state index contributed by atoms with van der Waals surface area (Å²) < 4.78 is 4.83. The van der Waals surface area contributed by atoms with E-state index in [-0.39, 0.29) is 5.97 Å². The molecule has 2 saturated carbocycles. The van der Waals surface area contributed by atoms with Crippen LogP contribution >= 0.6 is 0 Å². The van der Waals surface area contributed by atoms with Gasteiger partial charge in [-0.15, -0.1) is 0 Å². The number of aryl methyl sites for hydroxylation is 1. The van der Waals surface area contributed by atoms with Gasteiger partial charge in [-0.2, -0.15) is 0 Å². The molecule has 0 aromatic heterocycles. The molecule has 1 spiro atoms. The van der Waals surface area contributed by atoms with Gasteiger partial charge >= 0.3 is 5.97 Å². The Morgan fingerprint density at radius 3 is 2.15 bits per heavy atom. The van der Waals surface area contributed by atoms with E-state index in [0.717, 1.165) is 17.0 Å². The SMILES string of the molecule is C1CCC2(CC1)CCN(C1CCC1)CC2.CCOC(=O)c1ccc(C)cc1. The number of rotatable bonds is 3. The first-order valence-corrected chi connectivity index (χ1v) is 11.1. The van der Waals surface area contributed by atoms with Gasteiger partial charge in [0, 0.05) is 6.04 Å². The van der Waals surface area contributed by atoms with E-state index in [2.05, 4.69) is 4.90 Å². The molecule has 0 bridgehead atoms. The minimum Gasteiger partial charge on any atom is -0.462 e. The van der Waals surface area contributed by atoms with Crippen molar-refractivity contribution in [1.29, 1.82) is 0 Å². The first-order valence-electron chi connectivity index (χ1n) is 11.1. The Morgan fingerprint density at radius 2 is 1.63 bits per heavy atom. The van der Waals surface area contributed by atoms with Gasteiger partial charge < -0.3 is 9.64 Å². The average Bonchev–Trinajstić information content (AvgIpc) is 2.64. The predicted molar refractivity (Wildman–Crippen MR) is 111 cm³/mol. The molecule has 3 fully saturated rings. The lowest BCUT2D eigenvalue weighted by Crippen LogP contribution is -2.48. The third kappa shape index (κ3) is 5.57. The van der Waals surface area contributed by atoms with Crippen LogP contribution in [0, 0.1) is 12.3 Å². The summed E-state index contributed by atoms with van der Waals surface area (Å²) in [5.41, 5.74) is 2.56. The summed E-state index contributed by atoms with van der Waals surface area (Å²) in [6.45, 7) is 7.04. The lowest BCUT2D eigenvalue weighted by molar-refractivity contribution is 0.0236. The number of carbonyl (C=O) groups excluding carboxylic acids is 1. The average molecular weight is 372 g/mol. The van der Waals surface area contributed by atoms with Crippen LogP contribution in [0.2, 0.25) is 0 Å². The normalized spacial score (nSPS) is 22.4. The smallest absolute Gasteiger partial charge is 0.338 e. The fourth-order valence-electron chi connectivity index (χ4n) is 4.82. The van der Waals surface area contributed by atoms with Gasteiger partial charge in [-0.1, -0.05) is 43.4 Å². The molecule has 3 aliphatic rings. The maximum Gasteiger partial charge on any atom is 0.338 e. The quantitative estimate of drug-likeness (QED) is 0.633. The van der Waals surface area contributed by atoms with Crippen molar-refractivity contribution < 1.29 is 9.53 Å². The van der Waals surface area contributed by atoms with Crippen LogP contribution < -0.4 is 0 Å². The highest BCUT2D eigenvalue weighted by atomic mass is 16.5. The molecule has 1 saturated heterocycles. The molecule has 1 aromatic carbocycles. The zero-order chi connectivity index (χ0) is 19.1. The lowest BCUT2D eigenvalue weighted by atomic mass is 9.67. The fraction of sp³-hybridized carbons (Fsp3) is 0.708. The molecule has 27 heavy (non-hydrogen) atoms. The maximum atomic E-state index is 11.1. The highest BCUT2D eigenvalue weighted by Gasteiger charge is 2.37. The molecule has 3 nitrogen and oxygen atoms in total. The highest BCUT2D eigenvalue weighted by Crippen LogP contribution is 2.45. The summed E-state index contributed by atoms with van der Waals surface area (Å²) in [6.07, 6.45) is 15.2. The molecule has 2 aliphatic carbocycles. The van der Waals surface area contributed by atoms with E-state index in [1.807, 2.05) is 19.1 Å². The number of benzene rings is 1. The first kappa shape index (κ1) is 20.4. The lowest BCUT2D eigenvalue weighted by Gasteiger charge is -2.48. The third-order valence-electron chi connectivity index (χ3n) is 6.93. The van der Waals surface area contributed by atoms with Crippen molar-refractivity contribution in [2.75, 3.05) is 19.7 Å². The number of esters is 1. The molecular weight excluding hydrogens is 334 g/mol. The monoisotopic (exact) mass is 371 g/mol. The largest absolute Gasteiger partial charge is 0.462 e. The number of ether oxygens (including phenoxy) is 1. The summed E-state index contributed by atoms with van der Waals surface area (Å²) in [5, 5.41) is 0. The zero-order valence-electron chi connectivity index (χ0n) is 17.3. The molecule has 3 heteroatoms. The molecule has 0 radical (unpaired) electrons. The van der Waals surface area contributed by atoms with Gasteiger partial charge in [0.2, 0.25) is 0 Å². The van der Waals surface area contributed by atoms with Crippen molar-refractivity contribution in [3.05, 3.63) is 35.4 Å². The van der Waals surface area contributed by atoms with Crippen LogP contribution in [0.15, 0.2) is 24.3 Å². The summed E-state index contributed by atoms with van der Waals surface area (Å²) in [4.78, 5) is 13.9. The van der Waals surface area contributed by atoms with Crippen LogP contribution in [0.5, 0.6) is 0 Å². The zero-order valence-corrected chi connectivity index (χ0v) is 17.3. The number of carbonyl (C=O) groups is 1. The van der Waals surface area contributed by atoms with Crippen molar-refractivity contribution >= 4 is 5.97 Å². The Hall–Kier alpha value is -1.35. The van der Waals surface area contributed by atoms with Crippen LogP contribution in [0.4, 0.5) is 0 Å². The predicted octanol–water partition coefficient (Wildman–Crippen LogP) is 5.76. The number of hydrogen-bond donors (Lipinski definition) is 0. The van der Waals surface area contributed by atoms with Crippen molar-refractivity contribution in [2.24, 2.45) is 5.41 Å². The fourth-order valence-corrected chi connectivity index (χ4v) is 4.82. The molecule has 0 N–H and O–H groups in total. The van der Waals surface area contributed by atoms with Crippen molar-refractivity contribution in [1.82, 2.24) is 4.90 Å². The van der Waals surface area contributed by atoms with Gasteiger partial charge in [-0.25, -0.2) is 4.79 Å². The van der Waals surface area contributed by atoms with Gasteiger partial charge in [-0.05, 0) is 83.0 Å². The van der Waals surface area contributed by atoms with Gasteiger partial charge in [0.1, 0.15) is 0 Å². The summed E-state index contributed by atoms with van der Waals surface area (Å²) >= 11 is 0. The Morgan fingerprint density at radius 1 is 1.00 bits per heavy atom. The van der Waals surface area contributed by atoms with E-state index in [0.29, 0.717) is 12.2 Å². The minimum absolute atomic E-state index is 0.252. The topological polar surface area (TPSA) is 29.5 Å². The van der Waals surface area contributed by atoms with Crippen LogP contribution in [-0.4, -0.2) is 36.6 Å². The molecule has 0 amide bonds. The van der Waals surface area contributed by atoms with E-state index in [1.54, 1.807) is 31.9 Å². The first-order chi connectivity index (χ1) is 13.1. The van der Waals surface area contributed by atoms with Crippen LogP contribution in [0.1, 0.15) is 87.1 Å². The van der Waals surface area contributed by atoms with E-state index in [4.69, 9.17) is 4.74 Å². The van der Waals surface area contributed by atoms with Crippen molar-refractivity contribution in [3.8, 4) is 0 Å². The molecule has 150 valence electrons. The standard InChI is InChI=1S/C14H25N.C10H12O2/c1-2-7-14(8-3-1)9-11-15(12-10-14)13-5-4-6-13;1-3-12-10(11)9-6-4-8(2)5-7-9/h13H,1-12H2;4-7H,3H2,1-2H3. The summed E-state index contributed by atoms with van der Waals surface area (Å²) in [6, 6.07) is 8.32. The van der Waals surface area contributed by atoms with Gasteiger partial charge in [0.15, 0.2) is 0 Å². The summed E-state index contributed by atoms with van der Waals surface area (Å²) in [7, 11) is 0. The minimum atomic E-state index is -0.252. The second kappa shape index (κ2) is 9.73. The number of likely N-dealkylation sites (tertiary alicyclic amines) is 1. The Bertz CT molecular complexity index is 575. The Labute approximate surface area is 165 Å². The van der Waals surface area contributed by atoms with Gasteiger partial charge in [0.05, 0.1) is 12.2 Å². The van der Waals surface area contributed by atoms with E-state index >= 15 is 0 Å². The molecular formula is C24H37NO2. The number of piperidine rings is 1.